The van der Waals surface area contributed by atoms with Crippen LogP contribution >= 0.6 is 11.8 Å². The molecule has 1 aromatic carbocycles. The van der Waals surface area contributed by atoms with E-state index in [4.69, 9.17) is 9.47 Å². The number of esters is 1. The van der Waals surface area contributed by atoms with Gasteiger partial charge in [-0.1, -0.05) is 30.0 Å². The first-order valence-electron chi connectivity index (χ1n) is 9.77. The molecule has 9 heteroatoms. The van der Waals surface area contributed by atoms with Gasteiger partial charge >= 0.3 is 12.0 Å². The van der Waals surface area contributed by atoms with E-state index in [-0.39, 0.29) is 12.6 Å². The zero-order valence-electron chi connectivity index (χ0n) is 17.1. The van der Waals surface area contributed by atoms with Crippen molar-refractivity contribution in [3.63, 3.8) is 0 Å². The maximum Gasteiger partial charge on any atom is 0.338 e. The summed E-state index contributed by atoms with van der Waals surface area (Å²) in [5.74, 6) is 0.564. The minimum absolute atomic E-state index is 0.233. The van der Waals surface area contributed by atoms with Crippen molar-refractivity contribution < 1.29 is 19.1 Å². The number of nitrogens with zero attached hydrogens (tertiary/aromatic N) is 2. The number of benzene rings is 1. The van der Waals surface area contributed by atoms with E-state index in [1.165, 1.54) is 11.8 Å². The molecule has 0 spiro atoms. The van der Waals surface area contributed by atoms with Gasteiger partial charge in [0, 0.05) is 17.6 Å². The van der Waals surface area contributed by atoms with Gasteiger partial charge < -0.3 is 20.1 Å². The van der Waals surface area contributed by atoms with Gasteiger partial charge in [-0.15, -0.1) is 0 Å². The molecular weight excluding hydrogens is 416 g/mol. The summed E-state index contributed by atoms with van der Waals surface area (Å²) in [7, 11) is 1.58. The Kier molecular flexibility index (Phi) is 6.13. The number of carbonyl (C=O) groups excluding carboxylic acids is 2. The minimum atomic E-state index is -0.633. The summed E-state index contributed by atoms with van der Waals surface area (Å²) in [6.45, 7) is 1.98. The number of methoxy groups -OCH3 is 1. The molecule has 1 aliphatic heterocycles. The zero-order chi connectivity index (χ0) is 21.8. The third-order valence-corrected chi connectivity index (χ3v) is 5.84. The SMILES string of the molecule is CCOC(=O)C1=C(CSc2ncc3ccccn23)NC(=O)N[C@H]1c1ccc(OC)cc1. The van der Waals surface area contributed by atoms with E-state index in [1.807, 2.05) is 40.9 Å². The Morgan fingerprint density at radius 3 is 2.77 bits per heavy atom. The molecule has 31 heavy (non-hydrogen) atoms. The van der Waals surface area contributed by atoms with Gasteiger partial charge in [0.1, 0.15) is 5.75 Å². The highest BCUT2D eigenvalue weighted by molar-refractivity contribution is 7.99. The van der Waals surface area contributed by atoms with Gasteiger partial charge in [0.25, 0.3) is 0 Å². The molecule has 0 fully saturated rings. The minimum Gasteiger partial charge on any atom is -0.497 e. The first-order chi connectivity index (χ1) is 15.1. The maximum atomic E-state index is 12.9. The lowest BCUT2D eigenvalue weighted by molar-refractivity contribution is -0.139. The summed E-state index contributed by atoms with van der Waals surface area (Å²) < 4.78 is 12.5. The van der Waals surface area contributed by atoms with Crippen molar-refractivity contribution >= 4 is 29.3 Å². The Morgan fingerprint density at radius 1 is 1.23 bits per heavy atom. The molecule has 3 heterocycles. The predicted octanol–water partition coefficient (Wildman–Crippen LogP) is 3.31. The number of imidazole rings is 1. The lowest BCUT2D eigenvalue weighted by Crippen LogP contribution is -2.46. The van der Waals surface area contributed by atoms with Gasteiger partial charge in [0.05, 0.1) is 37.0 Å². The summed E-state index contributed by atoms with van der Waals surface area (Å²) in [6, 6.07) is 12.0. The fourth-order valence-electron chi connectivity index (χ4n) is 3.39. The number of aromatic nitrogens is 2. The van der Waals surface area contributed by atoms with Gasteiger partial charge in [-0.2, -0.15) is 0 Å². The number of amides is 2. The van der Waals surface area contributed by atoms with Crippen LogP contribution in [-0.2, 0) is 9.53 Å². The molecule has 1 aliphatic rings. The van der Waals surface area contributed by atoms with E-state index in [2.05, 4.69) is 15.6 Å². The quantitative estimate of drug-likeness (QED) is 0.434. The van der Waals surface area contributed by atoms with Gasteiger partial charge in [-0.05, 0) is 36.8 Å². The van der Waals surface area contributed by atoms with Crippen LogP contribution in [0.3, 0.4) is 0 Å². The Labute approximate surface area is 183 Å². The topological polar surface area (TPSA) is 94.0 Å². The summed E-state index contributed by atoms with van der Waals surface area (Å²) >= 11 is 1.43. The summed E-state index contributed by atoms with van der Waals surface area (Å²) in [4.78, 5) is 29.7. The van der Waals surface area contributed by atoms with Crippen molar-refractivity contribution in [3.05, 3.63) is 71.7 Å². The lowest BCUT2D eigenvalue weighted by Gasteiger charge is -2.29. The van der Waals surface area contributed by atoms with Crippen LogP contribution < -0.4 is 15.4 Å². The Balaban J connectivity index is 1.68. The standard InChI is InChI=1S/C22H22N4O4S/c1-3-30-20(27)18-17(13-31-22-23-12-15-6-4-5-11-26(15)22)24-21(28)25-19(18)14-7-9-16(29-2)10-8-14/h4-12,19H,3,13H2,1-2H3,(H2,24,25,28)/t19-/m0/s1. The second kappa shape index (κ2) is 9.13. The Morgan fingerprint density at radius 2 is 2.03 bits per heavy atom. The molecule has 0 saturated heterocycles. The average Bonchev–Trinajstić information content (AvgIpc) is 3.20. The normalized spacial score (nSPS) is 16.1. The molecule has 0 radical (unpaired) electrons. The van der Waals surface area contributed by atoms with Crippen LogP contribution in [-0.4, -0.2) is 40.9 Å². The Bertz CT molecular complexity index is 1140. The fourth-order valence-corrected chi connectivity index (χ4v) is 4.32. The zero-order valence-corrected chi connectivity index (χ0v) is 17.9. The van der Waals surface area contributed by atoms with Crippen LogP contribution in [0.1, 0.15) is 18.5 Å². The molecule has 160 valence electrons. The van der Waals surface area contributed by atoms with Crippen LogP contribution in [0, 0.1) is 0 Å². The highest BCUT2D eigenvalue weighted by Crippen LogP contribution is 2.31. The molecule has 2 aromatic heterocycles. The molecule has 0 aliphatic carbocycles. The smallest absolute Gasteiger partial charge is 0.338 e. The summed E-state index contributed by atoms with van der Waals surface area (Å²) in [6.07, 6.45) is 3.70. The molecule has 0 unspecified atom stereocenters. The highest BCUT2D eigenvalue weighted by atomic mass is 32.2. The van der Waals surface area contributed by atoms with Crippen molar-refractivity contribution in [1.29, 1.82) is 0 Å². The predicted molar refractivity (Wildman–Crippen MR) is 117 cm³/mol. The fraction of sp³-hybridized carbons (Fsp3) is 0.227. The third kappa shape index (κ3) is 4.36. The molecule has 2 amide bonds. The summed E-state index contributed by atoms with van der Waals surface area (Å²) in [5.41, 5.74) is 2.60. The molecule has 2 N–H and O–H groups in total. The van der Waals surface area contributed by atoms with E-state index in [0.717, 1.165) is 16.2 Å². The molecule has 4 rings (SSSR count). The van der Waals surface area contributed by atoms with E-state index in [1.54, 1.807) is 32.4 Å². The molecule has 0 bridgehead atoms. The lowest BCUT2D eigenvalue weighted by atomic mass is 9.95. The van der Waals surface area contributed by atoms with Crippen molar-refractivity contribution in [2.45, 2.75) is 18.1 Å². The molecule has 8 nitrogen and oxygen atoms in total. The van der Waals surface area contributed by atoms with Crippen LogP contribution in [0.15, 0.2) is 71.3 Å². The van der Waals surface area contributed by atoms with Crippen LogP contribution in [0.2, 0.25) is 0 Å². The van der Waals surface area contributed by atoms with E-state index in [0.29, 0.717) is 22.8 Å². The molecule has 0 saturated carbocycles. The number of urea groups is 1. The second-order valence-corrected chi connectivity index (χ2v) is 7.68. The van der Waals surface area contributed by atoms with Gasteiger partial charge in [0.15, 0.2) is 5.16 Å². The first kappa shape index (κ1) is 20.8. The van der Waals surface area contributed by atoms with Crippen LogP contribution in [0.4, 0.5) is 4.79 Å². The van der Waals surface area contributed by atoms with Gasteiger partial charge in [0.2, 0.25) is 0 Å². The molecule has 3 aromatic rings. The number of pyridine rings is 1. The largest absolute Gasteiger partial charge is 0.497 e. The van der Waals surface area contributed by atoms with Gasteiger partial charge in [-0.3, -0.25) is 4.40 Å². The number of thioether (sulfide) groups is 1. The van der Waals surface area contributed by atoms with Crippen molar-refractivity contribution in [2.24, 2.45) is 0 Å². The van der Waals surface area contributed by atoms with Gasteiger partial charge in [-0.25, -0.2) is 14.6 Å². The molecule has 1 atom stereocenters. The molecular formula is C22H22N4O4S. The van der Waals surface area contributed by atoms with E-state index < -0.39 is 12.0 Å². The number of hydrogen-bond acceptors (Lipinski definition) is 6. The highest BCUT2D eigenvalue weighted by Gasteiger charge is 2.33. The van der Waals surface area contributed by atoms with Crippen molar-refractivity contribution in [2.75, 3.05) is 19.5 Å². The number of hydrogen-bond donors (Lipinski definition) is 2. The third-order valence-electron chi connectivity index (χ3n) is 4.85. The monoisotopic (exact) mass is 438 g/mol. The number of rotatable bonds is 7. The number of carbonyl (C=O) groups is 2. The second-order valence-electron chi connectivity index (χ2n) is 6.74. The van der Waals surface area contributed by atoms with Crippen LogP contribution in [0.5, 0.6) is 5.75 Å². The maximum absolute atomic E-state index is 12.9. The number of nitrogens with one attached hydrogen (secondary N) is 2. The average molecular weight is 439 g/mol. The Hall–Kier alpha value is -3.46. The van der Waals surface area contributed by atoms with E-state index in [9.17, 15) is 9.59 Å². The summed E-state index contributed by atoms with van der Waals surface area (Å²) in [5, 5.41) is 6.38. The number of ether oxygens (including phenoxy) is 2. The van der Waals surface area contributed by atoms with Crippen LogP contribution in [0.25, 0.3) is 5.52 Å². The van der Waals surface area contributed by atoms with Crippen molar-refractivity contribution in [3.8, 4) is 5.75 Å². The first-order valence-corrected chi connectivity index (χ1v) is 10.8. The van der Waals surface area contributed by atoms with E-state index >= 15 is 0 Å². The van der Waals surface area contributed by atoms with Crippen molar-refractivity contribution in [1.82, 2.24) is 20.0 Å². The number of fused-ring (bicyclic) bond motifs is 1.